The fourth-order valence-electron chi connectivity index (χ4n) is 2.03. The monoisotopic (exact) mass is 367 g/mol. The lowest BCUT2D eigenvalue weighted by molar-refractivity contribution is 0.411. The molecule has 112 valence electrons. The van der Waals surface area contributed by atoms with E-state index in [2.05, 4.69) is 15.9 Å². The summed E-state index contributed by atoms with van der Waals surface area (Å²) in [5.74, 6) is 1.14. The van der Waals surface area contributed by atoms with Crippen molar-refractivity contribution >= 4 is 26.7 Å². The zero-order valence-corrected chi connectivity index (χ0v) is 14.4. The first-order valence-electron chi connectivity index (χ1n) is 6.57. The summed E-state index contributed by atoms with van der Waals surface area (Å²) in [5.41, 5.74) is 7.83. The fourth-order valence-corrected chi connectivity index (χ4v) is 3.74. The van der Waals surface area contributed by atoms with Crippen LogP contribution in [-0.2, 0) is 16.6 Å². The second kappa shape index (κ2) is 7.20. The van der Waals surface area contributed by atoms with Crippen LogP contribution in [0.25, 0.3) is 0 Å². The number of halogens is 1. The molecule has 2 unspecified atom stereocenters. The van der Waals surface area contributed by atoms with E-state index < -0.39 is 10.8 Å². The van der Waals surface area contributed by atoms with Gasteiger partial charge in [-0.1, -0.05) is 28.1 Å². The van der Waals surface area contributed by atoms with Gasteiger partial charge in [-0.05, 0) is 42.8 Å². The number of rotatable bonds is 5. The molecule has 2 aromatic carbocycles. The van der Waals surface area contributed by atoms with Crippen molar-refractivity contribution in [3.05, 3.63) is 58.1 Å². The molecule has 2 aromatic rings. The minimum Gasteiger partial charge on any atom is -0.496 e. The molecule has 0 bridgehead atoms. The van der Waals surface area contributed by atoms with Crippen molar-refractivity contribution in [3.8, 4) is 5.75 Å². The van der Waals surface area contributed by atoms with E-state index in [1.807, 2.05) is 49.4 Å². The van der Waals surface area contributed by atoms with E-state index in [1.165, 1.54) is 0 Å². The van der Waals surface area contributed by atoms with Crippen LogP contribution in [-0.4, -0.2) is 11.3 Å². The first-order chi connectivity index (χ1) is 10.0. The summed E-state index contributed by atoms with van der Waals surface area (Å²) in [4.78, 5) is 0.789. The number of hydrogen-bond acceptors (Lipinski definition) is 3. The van der Waals surface area contributed by atoms with Crippen LogP contribution < -0.4 is 10.5 Å². The van der Waals surface area contributed by atoms with Crippen LogP contribution in [0, 0.1) is 0 Å². The highest BCUT2D eigenvalue weighted by Gasteiger charge is 2.12. The quantitative estimate of drug-likeness (QED) is 0.874. The van der Waals surface area contributed by atoms with E-state index in [0.29, 0.717) is 5.75 Å². The van der Waals surface area contributed by atoms with Crippen molar-refractivity contribution in [2.24, 2.45) is 5.73 Å². The summed E-state index contributed by atoms with van der Waals surface area (Å²) in [7, 11) is 0.489. The van der Waals surface area contributed by atoms with E-state index in [-0.39, 0.29) is 6.04 Å². The summed E-state index contributed by atoms with van der Waals surface area (Å²) in [6, 6.07) is 13.3. The predicted molar refractivity (Wildman–Crippen MR) is 89.9 cm³/mol. The maximum atomic E-state index is 12.5. The summed E-state index contributed by atoms with van der Waals surface area (Å²) < 4.78 is 18.8. The number of methoxy groups -OCH3 is 1. The van der Waals surface area contributed by atoms with Crippen LogP contribution in [0.4, 0.5) is 0 Å². The Hall–Kier alpha value is -1.17. The highest BCUT2D eigenvalue weighted by molar-refractivity contribution is 9.10. The van der Waals surface area contributed by atoms with Gasteiger partial charge in [0.05, 0.1) is 23.7 Å². The van der Waals surface area contributed by atoms with Crippen molar-refractivity contribution in [1.29, 1.82) is 0 Å². The Morgan fingerprint density at radius 1 is 1.29 bits per heavy atom. The van der Waals surface area contributed by atoms with Crippen molar-refractivity contribution in [2.75, 3.05) is 7.11 Å². The second-order valence-electron chi connectivity index (χ2n) is 4.81. The average molecular weight is 368 g/mol. The Kier molecular flexibility index (Phi) is 5.56. The van der Waals surface area contributed by atoms with Crippen LogP contribution in [0.1, 0.15) is 24.1 Å². The molecular weight excluding hydrogens is 350 g/mol. The molecule has 0 aliphatic rings. The summed E-state index contributed by atoms with van der Waals surface area (Å²) in [5, 5.41) is 0. The standard InChI is InChI=1S/C16H18BrNO2S/c1-11(18)12-6-7-16(20-2)13(8-12)10-21(19)15-5-3-4-14(17)9-15/h3-9,11H,10,18H2,1-2H3. The van der Waals surface area contributed by atoms with E-state index >= 15 is 0 Å². The van der Waals surface area contributed by atoms with E-state index in [9.17, 15) is 4.21 Å². The number of benzene rings is 2. The van der Waals surface area contributed by atoms with E-state index in [0.717, 1.165) is 26.2 Å². The molecular formula is C16H18BrNO2S. The zero-order valence-electron chi connectivity index (χ0n) is 12.0. The Morgan fingerprint density at radius 3 is 2.67 bits per heavy atom. The molecule has 2 N–H and O–H groups in total. The second-order valence-corrected chi connectivity index (χ2v) is 7.17. The number of hydrogen-bond donors (Lipinski definition) is 1. The molecule has 0 saturated carbocycles. The summed E-state index contributed by atoms with van der Waals surface area (Å²) in [6.07, 6.45) is 0. The van der Waals surface area contributed by atoms with Gasteiger partial charge in [0.1, 0.15) is 5.75 Å². The van der Waals surface area contributed by atoms with Gasteiger partial charge in [0.15, 0.2) is 0 Å². The van der Waals surface area contributed by atoms with Gasteiger partial charge in [0, 0.05) is 21.0 Å². The Bertz CT molecular complexity index is 658. The lowest BCUT2D eigenvalue weighted by Crippen LogP contribution is -2.07. The first-order valence-corrected chi connectivity index (χ1v) is 8.69. The molecule has 0 fully saturated rings. The molecule has 0 aliphatic heterocycles. The first kappa shape index (κ1) is 16.2. The lowest BCUT2D eigenvalue weighted by Gasteiger charge is -2.13. The van der Waals surface area contributed by atoms with Crippen LogP contribution >= 0.6 is 15.9 Å². The number of nitrogens with two attached hydrogens (primary N) is 1. The van der Waals surface area contributed by atoms with Gasteiger partial charge < -0.3 is 10.5 Å². The SMILES string of the molecule is COc1ccc(C(C)N)cc1CS(=O)c1cccc(Br)c1. The molecule has 21 heavy (non-hydrogen) atoms. The summed E-state index contributed by atoms with van der Waals surface area (Å²) in [6.45, 7) is 1.93. The molecule has 3 nitrogen and oxygen atoms in total. The van der Waals surface area contributed by atoms with Gasteiger partial charge in [0.2, 0.25) is 0 Å². The predicted octanol–water partition coefficient (Wildman–Crippen LogP) is 3.79. The summed E-state index contributed by atoms with van der Waals surface area (Å²) >= 11 is 3.40. The van der Waals surface area contributed by atoms with Crippen molar-refractivity contribution in [1.82, 2.24) is 0 Å². The Balaban J connectivity index is 2.29. The average Bonchev–Trinajstić information content (AvgIpc) is 2.47. The Morgan fingerprint density at radius 2 is 2.05 bits per heavy atom. The molecule has 2 rings (SSSR count). The van der Waals surface area contributed by atoms with Crippen LogP contribution in [0.3, 0.4) is 0 Å². The number of ether oxygens (including phenoxy) is 1. The van der Waals surface area contributed by atoms with Gasteiger partial charge in [-0.2, -0.15) is 0 Å². The minimum absolute atomic E-state index is 0.0611. The molecule has 0 amide bonds. The van der Waals surface area contributed by atoms with Gasteiger partial charge in [0.25, 0.3) is 0 Å². The van der Waals surface area contributed by atoms with Crippen LogP contribution in [0.15, 0.2) is 51.8 Å². The van der Waals surface area contributed by atoms with Crippen LogP contribution in [0.5, 0.6) is 5.75 Å². The Labute approximate surface area is 136 Å². The third-order valence-electron chi connectivity index (χ3n) is 3.18. The third-order valence-corrected chi connectivity index (χ3v) is 5.02. The van der Waals surface area contributed by atoms with Crippen molar-refractivity contribution in [3.63, 3.8) is 0 Å². The molecule has 0 heterocycles. The van der Waals surface area contributed by atoms with Crippen LogP contribution in [0.2, 0.25) is 0 Å². The topological polar surface area (TPSA) is 52.3 Å². The molecule has 0 radical (unpaired) electrons. The smallest absolute Gasteiger partial charge is 0.123 e. The molecule has 0 spiro atoms. The fraction of sp³-hybridized carbons (Fsp3) is 0.250. The van der Waals surface area contributed by atoms with Gasteiger partial charge in [-0.25, -0.2) is 0 Å². The van der Waals surface area contributed by atoms with Gasteiger partial charge in [-0.15, -0.1) is 0 Å². The normalized spacial score (nSPS) is 13.7. The minimum atomic E-state index is -1.13. The highest BCUT2D eigenvalue weighted by Crippen LogP contribution is 2.26. The van der Waals surface area contributed by atoms with E-state index in [4.69, 9.17) is 10.5 Å². The molecule has 2 atom stereocenters. The molecule has 0 aromatic heterocycles. The third kappa shape index (κ3) is 4.15. The van der Waals surface area contributed by atoms with Gasteiger partial charge in [-0.3, -0.25) is 4.21 Å². The maximum absolute atomic E-state index is 12.5. The highest BCUT2D eigenvalue weighted by atomic mass is 79.9. The largest absolute Gasteiger partial charge is 0.496 e. The molecule has 0 saturated heterocycles. The van der Waals surface area contributed by atoms with Gasteiger partial charge >= 0.3 is 0 Å². The zero-order chi connectivity index (χ0) is 15.4. The van der Waals surface area contributed by atoms with Crippen molar-refractivity contribution < 1.29 is 8.95 Å². The lowest BCUT2D eigenvalue weighted by atomic mass is 10.1. The van der Waals surface area contributed by atoms with Crippen molar-refractivity contribution in [2.45, 2.75) is 23.6 Å². The maximum Gasteiger partial charge on any atom is 0.123 e. The molecule has 0 aliphatic carbocycles. The molecule has 5 heteroatoms. The van der Waals surface area contributed by atoms with E-state index in [1.54, 1.807) is 7.11 Å².